The highest BCUT2D eigenvalue weighted by Crippen LogP contribution is 2.16. The predicted octanol–water partition coefficient (Wildman–Crippen LogP) is 17.9. The molecule has 0 rings (SSSR count). The predicted molar refractivity (Wildman–Crippen MR) is 270 cm³/mol. The average molecular weight is 883 g/mol. The van der Waals surface area contributed by atoms with Crippen molar-refractivity contribution in [2.45, 2.75) is 284 Å². The Morgan fingerprint density at radius 1 is 0.317 bits per heavy atom. The Morgan fingerprint density at radius 2 is 0.571 bits per heavy atom. The molecule has 1 atom stereocenters. The summed E-state index contributed by atoms with van der Waals surface area (Å²) in [6.45, 7) is 6.58. The topological polar surface area (TPSA) is 78.9 Å². The molecule has 0 aliphatic rings. The lowest BCUT2D eigenvalue weighted by molar-refractivity contribution is -0.167. The van der Waals surface area contributed by atoms with E-state index >= 15 is 0 Å². The standard InChI is InChI=1S/C57H102O6/c1-4-7-10-13-16-19-22-25-27-28-30-32-35-38-41-44-47-50-56(59)62-53-54(52-61-55(58)49-46-43-40-37-34-31-24-21-18-15-12-9-6-3)63-57(60)51-48-45-42-39-36-33-29-26-23-20-17-14-11-8-5-2/h17,20-21,24,26,29,36,39,54H,4-16,18-19,22-23,25,27-28,30-35,37-38,40-53H2,1-3H3/b20-17-,24-21-,29-26-,39-36-/t54-/m1/s1. The van der Waals surface area contributed by atoms with E-state index in [-0.39, 0.29) is 37.5 Å². The van der Waals surface area contributed by atoms with Crippen LogP contribution in [0.1, 0.15) is 278 Å². The third-order valence-corrected chi connectivity index (χ3v) is 11.8. The van der Waals surface area contributed by atoms with Crippen LogP contribution in [-0.2, 0) is 28.6 Å². The first-order chi connectivity index (χ1) is 31.0. The van der Waals surface area contributed by atoms with Gasteiger partial charge in [-0.05, 0) is 83.5 Å². The van der Waals surface area contributed by atoms with Crippen molar-refractivity contribution >= 4 is 17.9 Å². The molecule has 63 heavy (non-hydrogen) atoms. The van der Waals surface area contributed by atoms with Crippen LogP contribution in [-0.4, -0.2) is 37.2 Å². The molecular formula is C57H102O6. The quantitative estimate of drug-likeness (QED) is 0.0262. The smallest absolute Gasteiger partial charge is 0.306 e. The lowest BCUT2D eigenvalue weighted by atomic mass is 10.0. The molecule has 0 aromatic heterocycles. The molecule has 6 heteroatoms. The maximum absolute atomic E-state index is 12.8. The van der Waals surface area contributed by atoms with E-state index in [9.17, 15) is 14.4 Å². The molecule has 0 radical (unpaired) electrons. The van der Waals surface area contributed by atoms with Gasteiger partial charge in [0.2, 0.25) is 0 Å². The van der Waals surface area contributed by atoms with Crippen molar-refractivity contribution < 1.29 is 28.6 Å². The van der Waals surface area contributed by atoms with Crippen molar-refractivity contribution in [1.29, 1.82) is 0 Å². The van der Waals surface area contributed by atoms with Crippen molar-refractivity contribution in [3.63, 3.8) is 0 Å². The van der Waals surface area contributed by atoms with Gasteiger partial charge in [-0.2, -0.15) is 0 Å². The number of ether oxygens (including phenoxy) is 3. The number of rotatable bonds is 49. The van der Waals surface area contributed by atoms with Gasteiger partial charge in [0.1, 0.15) is 13.2 Å². The van der Waals surface area contributed by atoms with Gasteiger partial charge >= 0.3 is 17.9 Å². The molecule has 0 aliphatic heterocycles. The summed E-state index contributed by atoms with van der Waals surface area (Å²) in [5.74, 6) is -0.926. The number of allylic oxidation sites excluding steroid dienone is 8. The molecule has 6 nitrogen and oxygen atoms in total. The van der Waals surface area contributed by atoms with Gasteiger partial charge in [-0.1, -0.05) is 223 Å². The van der Waals surface area contributed by atoms with Crippen molar-refractivity contribution in [1.82, 2.24) is 0 Å². The zero-order chi connectivity index (χ0) is 45.8. The minimum absolute atomic E-state index is 0.0884. The Bertz CT molecular complexity index is 1110. The van der Waals surface area contributed by atoms with E-state index in [4.69, 9.17) is 14.2 Å². The third-order valence-electron chi connectivity index (χ3n) is 11.8. The normalized spacial score (nSPS) is 12.4. The molecule has 0 fully saturated rings. The van der Waals surface area contributed by atoms with Gasteiger partial charge in [0.25, 0.3) is 0 Å². The molecule has 0 aromatic carbocycles. The van der Waals surface area contributed by atoms with Crippen molar-refractivity contribution in [2.24, 2.45) is 0 Å². The van der Waals surface area contributed by atoms with Crippen LogP contribution in [0.5, 0.6) is 0 Å². The van der Waals surface area contributed by atoms with E-state index in [1.807, 2.05) is 0 Å². The van der Waals surface area contributed by atoms with E-state index in [0.29, 0.717) is 19.3 Å². The monoisotopic (exact) mass is 883 g/mol. The fraction of sp³-hybridized carbons (Fsp3) is 0.807. The highest BCUT2D eigenvalue weighted by molar-refractivity contribution is 5.71. The number of carbonyl (C=O) groups excluding carboxylic acids is 3. The van der Waals surface area contributed by atoms with Gasteiger partial charge in [0.05, 0.1) is 0 Å². The maximum Gasteiger partial charge on any atom is 0.306 e. The number of esters is 3. The molecule has 0 saturated carbocycles. The van der Waals surface area contributed by atoms with E-state index in [2.05, 4.69) is 69.4 Å². The van der Waals surface area contributed by atoms with Gasteiger partial charge in [-0.3, -0.25) is 14.4 Å². The van der Waals surface area contributed by atoms with Crippen molar-refractivity contribution in [2.75, 3.05) is 13.2 Å². The molecule has 0 amide bonds. The lowest BCUT2D eigenvalue weighted by Crippen LogP contribution is -2.30. The minimum Gasteiger partial charge on any atom is -0.462 e. The summed E-state index contributed by atoms with van der Waals surface area (Å²) >= 11 is 0. The zero-order valence-electron chi connectivity index (χ0n) is 41.8. The molecule has 0 unspecified atom stereocenters. The van der Waals surface area contributed by atoms with Crippen LogP contribution in [0.15, 0.2) is 48.6 Å². The Morgan fingerprint density at radius 3 is 0.984 bits per heavy atom. The first-order valence-electron chi connectivity index (χ1n) is 27.1. The molecular weight excluding hydrogens is 781 g/mol. The summed E-state index contributed by atoms with van der Waals surface area (Å²) in [7, 11) is 0. The van der Waals surface area contributed by atoms with E-state index in [0.717, 1.165) is 70.6 Å². The summed E-state index contributed by atoms with van der Waals surface area (Å²) in [4.78, 5) is 38.0. The zero-order valence-corrected chi connectivity index (χ0v) is 41.8. The van der Waals surface area contributed by atoms with Gasteiger partial charge in [-0.25, -0.2) is 0 Å². The van der Waals surface area contributed by atoms with Gasteiger partial charge < -0.3 is 14.2 Å². The largest absolute Gasteiger partial charge is 0.462 e. The average Bonchev–Trinajstić information content (AvgIpc) is 3.28. The molecule has 0 aromatic rings. The van der Waals surface area contributed by atoms with E-state index in [1.165, 1.54) is 161 Å². The number of hydrogen-bond acceptors (Lipinski definition) is 6. The molecule has 0 aliphatic carbocycles. The summed E-state index contributed by atoms with van der Waals surface area (Å²) in [5, 5.41) is 0. The maximum atomic E-state index is 12.8. The first kappa shape index (κ1) is 60.4. The Kier molecular flexibility index (Phi) is 49.8. The second-order valence-corrected chi connectivity index (χ2v) is 18.1. The third kappa shape index (κ3) is 50.2. The van der Waals surface area contributed by atoms with Gasteiger partial charge in [0, 0.05) is 19.3 Å². The summed E-state index contributed by atoms with van der Waals surface area (Å²) in [5.41, 5.74) is 0. The fourth-order valence-corrected chi connectivity index (χ4v) is 7.68. The van der Waals surface area contributed by atoms with Crippen LogP contribution in [0.4, 0.5) is 0 Å². The summed E-state index contributed by atoms with van der Waals surface area (Å²) < 4.78 is 16.8. The van der Waals surface area contributed by atoms with Gasteiger partial charge in [0.15, 0.2) is 6.10 Å². The lowest BCUT2D eigenvalue weighted by Gasteiger charge is -2.18. The minimum atomic E-state index is -0.793. The van der Waals surface area contributed by atoms with Crippen LogP contribution >= 0.6 is 0 Å². The van der Waals surface area contributed by atoms with Crippen molar-refractivity contribution in [3.8, 4) is 0 Å². The van der Waals surface area contributed by atoms with Gasteiger partial charge in [-0.15, -0.1) is 0 Å². The SMILES string of the molecule is CCCCC/C=C\C/C=C\C/C=C\CCCCC(=O)O[C@H](COC(=O)CCCCCCC/C=C\CCCCCC)COC(=O)CCCCCCCCCCCCCCCCCCC. The summed E-state index contributed by atoms with van der Waals surface area (Å²) in [6.07, 6.45) is 62.4. The molecule has 0 heterocycles. The van der Waals surface area contributed by atoms with E-state index < -0.39 is 6.10 Å². The molecule has 366 valence electrons. The second kappa shape index (κ2) is 52.0. The Hall–Kier alpha value is -2.63. The summed E-state index contributed by atoms with van der Waals surface area (Å²) in [6, 6.07) is 0. The van der Waals surface area contributed by atoms with E-state index in [1.54, 1.807) is 0 Å². The first-order valence-corrected chi connectivity index (χ1v) is 27.1. The highest BCUT2D eigenvalue weighted by atomic mass is 16.6. The molecule has 0 saturated heterocycles. The van der Waals surface area contributed by atoms with Crippen LogP contribution in [0.2, 0.25) is 0 Å². The fourth-order valence-electron chi connectivity index (χ4n) is 7.68. The Balaban J connectivity index is 4.40. The molecule has 0 bridgehead atoms. The number of carbonyl (C=O) groups is 3. The number of hydrogen-bond donors (Lipinski definition) is 0. The molecule has 0 N–H and O–H groups in total. The van der Waals surface area contributed by atoms with Crippen molar-refractivity contribution in [3.05, 3.63) is 48.6 Å². The number of unbranched alkanes of at least 4 members (excludes halogenated alkanes) is 30. The van der Waals surface area contributed by atoms with Crippen LogP contribution in [0.3, 0.4) is 0 Å². The molecule has 0 spiro atoms. The van der Waals surface area contributed by atoms with Crippen LogP contribution in [0, 0.1) is 0 Å². The highest BCUT2D eigenvalue weighted by Gasteiger charge is 2.19. The second-order valence-electron chi connectivity index (χ2n) is 18.1. The van der Waals surface area contributed by atoms with Crippen LogP contribution in [0.25, 0.3) is 0 Å². The van der Waals surface area contributed by atoms with Crippen LogP contribution < -0.4 is 0 Å². The Labute approximate surface area is 390 Å².